The van der Waals surface area contributed by atoms with Crippen LogP contribution in [0.15, 0.2) is 79.0 Å². The first-order chi connectivity index (χ1) is 16.0. The Bertz CT molecular complexity index is 1300. The summed E-state index contributed by atoms with van der Waals surface area (Å²) in [5.41, 5.74) is 3.46. The lowest BCUT2D eigenvalue weighted by atomic mass is 10.1. The van der Waals surface area contributed by atoms with Crippen molar-refractivity contribution in [3.8, 4) is 11.4 Å². The Kier molecular flexibility index (Phi) is 5.38. The number of aromatic nitrogens is 2. The van der Waals surface area contributed by atoms with Crippen molar-refractivity contribution in [2.75, 3.05) is 4.90 Å². The minimum Gasteiger partial charge on any atom is -0.485 e. The maximum atomic E-state index is 13.7. The van der Waals surface area contributed by atoms with E-state index in [1.807, 2.05) is 31.2 Å². The van der Waals surface area contributed by atoms with E-state index in [0.717, 1.165) is 23.2 Å². The van der Waals surface area contributed by atoms with Crippen LogP contribution in [0.4, 0.5) is 14.5 Å². The zero-order valence-electron chi connectivity index (χ0n) is 17.9. The van der Waals surface area contributed by atoms with Crippen molar-refractivity contribution in [2.45, 2.75) is 26.0 Å². The van der Waals surface area contributed by atoms with Gasteiger partial charge in [-0.2, -0.15) is 5.10 Å². The van der Waals surface area contributed by atoms with Gasteiger partial charge in [0.25, 0.3) is 5.91 Å². The number of carbonyl (C=O) groups excluding carboxylic acids is 1. The van der Waals surface area contributed by atoms with Crippen molar-refractivity contribution in [1.82, 2.24) is 9.78 Å². The maximum absolute atomic E-state index is 13.7. The fraction of sp³-hybridized carbons (Fsp3) is 0.154. The number of hydrogen-bond acceptors (Lipinski definition) is 3. The van der Waals surface area contributed by atoms with E-state index in [4.69, 9.17) is 4.74 Å². The number of benzene rings is 3. The monoisotopic (exact) mass is 445 g/mol. The Morgan fingerprint density at radius 1 is 1.00 bits per heavy atom. The van der Waals surface area contributed by atoms with Crippen molar-refractivity contribution >= 4 is 11.6 Å². The van der Waals surface area contributed by atoms with E-state index in [1.165, 1.54) is 28.9 Å². The Morgan fingerprint density at radius 3 is 2.39 bits per heavy atom. The molecule has 4 aromatic rings. The number of anilines is 1. The van der Waals surface area contributed by atoms with Gasteiger partial charge >= 0.3 is 0 Å². The molecule has 1 amide bonds. The van der Waals surface area contributed by atoms with Gasteiger partial charge in [-0.15, -0.1) is 0 Å². The first-order valence-electron chi connectivity index (χ1n) is 10.6. The van der Waals surface area contributed by atoms with E-state index >= 15 is 0 Å². The lowest BCUT2D eigenvalue weighted by molar-refractivity contribution is 0.0972. The molecule has 5 rings (SSSR count). The van der Waals surface area contributed by atoms with Crippen LogP contribution in [0.25, 0.3) is 5.69 Å². The van der Waals surface area contributed by atoms with Crippen molar-refractivity contribution < 1.29 is 18.3 Å². The van der Waals surface area contributed by atoms with Gasteiger partial charge in [-0.1, -0.05) is 30.3 Å². The molecule has 0 N–H and O–H groups in total. The minimum absolute atomic E-state index is 0.0316. The molecule has 1 aliphatic heterocycles. The number of ether oxygens (including phenoxy) is 1. The number of halogens is 2. The fourth-order valence-electron chi connectivity index (χ4n) is 4.07. The first-order valence-corrected chi connectivity index (χ1v) is 10.6. The fourth-order valence-corrected chi connectivity index (χ4v) is 4.07. The summed E-state index contributed by atoms with van der Waals surface area (Å²) in [4.78, 5) is 15.4. The largest absolute Gasteiger partial charge is 0.485 e. The van der Waals surface area contributed by atoms with Crippen LogP contribution < -0.4 is 9.64 Å². The SMILES string of the molecule is CC1Cc2ccccc2N1C(=O)c1nn(-c2ccc(F)cc2)cc1OCc1ccc(F)cc1. The number of hydrogen-bond donors (Lipinski definition) is 0. The molecule has 1 unspecified atom stereocenters. The summed E-state index contributed by atoms with van der Waals surface area (Å²) in [6.45, 7) is 2.13. The molecule has 166 valence electrons. The van der Waals surface area contributed by atoms with E-state index in [-0.39, 0.29) is 35.9 Å². The van der Waals surface area contributed by atoms with Gasteiger partial charge in [0.1, 0.15) is 18.2 Å². The lowest BCUT2D eigenvalue weighted by Gasteiger charge is -2.22. The minimum atomic E-state index is -0.363. The van der Waals surface area contributed by atoms with Crippen LogP contribution in [0, 0.1) is 11.6 Å². The number of carbonyl (C=O) groups is 1. The summed E-state index contributed by atoms with van der Waals surface area (Å²) in [6.07, 6.45) is 2.36. The highest BCUT2D eigenvalue weighted by Crippen LogP contribution is 2.34. The van der Waals surface area contributed by atoms with Crippen LogP contribution in [0.3, 0.4) is 0 Å². The molecule has 0 bridgehead atoms. The van der Waals surface area contributed by atoms with Crippen LogP contribution >= 0.6 is 0 Å². The summed E-state index contributed by atoms with van der Waals surface area (Å²) >= 11 is 0. The average Bonchev–Trinajstić information content (AvgIpc) is 3.39. The molecule has 0 spiro atoms. The molecular formula is C26H21F2N3O2. The van der Waals surface area contributed by atoms with Gasteiger partial charge in [-0.05, 0) is 66.9 Å². The summed E-state index contributed by atoms with van der Waals surface area (Å²) in [5, 5.41) is 4.51. The second-order valence-corrected chi connectivity index (χ2v) is 8.04. The number of nitrogens with zero attached hydrogens (tertiary/aromatic N) is 3. The molecule has 0 aliphatic carbocycles. The van der Waals surface area contributed by atoms with E-state index in [9.17, 15) is 13.6 Å². The van der Waals surface area contributed by atoms with E-state index in [0.29, 0.717) is 11.4 Å². The molecule has 0 fully saturated rings. The second-order valence-electron chi connectivity index (χ2n) is 8.04. The summed E-state index contributed by atoms with van der Waals surface area (Å²) < 4.78 is 34.1. The average molecular weight is 445 g/mol. The Morgan fingerprint density at radius 2 is 1.67 bits per heavy atom. The van der Waals surface area contributed by atoms with E-state index in [1.54, 1.807) is 35.4 Å². The smallest absolute Gasteiger partial charge is 0.282 e. The third-order valence-electron chi connectivity index (χ3n) is 5.71. The van der Waals surface area contributed by atoms with Crippen LogP contribution in [-0.2, 0) is 13.0 Å². The summed E-state index contributed by atoms with van der Waals surface area (Å²) in [6, 6.07) is 19.5. The van der Waals surface area contributed by atoms with Crippen molar-refractivity contribution in [3.63, 3.8) is 0 Å². The Balaban J connectivity index is 1.51. The molecular weight excluding hydrogens is 424 g/mol. The molecule has 33 heavy (non-hydrogen) atoms. The molecule has 3 aromatic carbocycles. The van der Waals surface area contributed by atoms with Gasteiger partial charge in [-0.3, -0.25) is 4.79 Å². The normalized spacial score (nSPS) is 14.9. The third kappa shape index (κ3) is 4.09. The quantitative estimate of drug-likeness (QED) is 0.418. The molecule has 5 nitrogen and oxygen atoms in total. The van der Waals surface area contributed by atoms with E-state index in [2.05, 4.69) is 5.10 Å². The molecule has 2 heterocycles. The van der Waals surface area contributed by atoms with Crippen molar-refractivity contribution in [3.05, 3.63) is 107 Å². The van der Waals surface area contributed by atoms with Crippen molar-refractivity contribution in [1.29, 1.82) is 0 Å². The van der Waals surface area contributed by atoms with Crippen molar-refractivity contribution in [2.24, 2.45) is 0 Å². The number of para-hydroxylation sites is 1. The van der Waals surface area contributed by atoms with Gasteiger partial charge in [0.2, 0.25) is 0 Å². The molecule has 1 aromatic heterocycles. The van der Waals surface area contributed by atoms with Gasteiger partial charge in [-0.25, -0.2) is 13.5 Å². The van der Waals surface area contributed by atoms with Gasteiger partial charge in [0.15, 0.2) is 11.4 Å². The molecule has 1 atom stereocenters. The standard InChI is InChI=1S/C26H21F2N3O2/c1-17-14-19-4-2-3-5-23(19)31(17)26(32)25-24(33-16-18-6-8-20(27)9-7-18)15-30(29-25)22-12-10-21(28)11-13-22/h2-13,15,17H,14,16H2,1H3. The highest BCUT2D eigenvalue weighted by Gasteiger charge is 2.34. The Hall–Kier alpha value is -4.00. The van der Waals surface area contributed by atoms with Gasteiger partial charge < -0.3 is 9.64 Å². The third-order valence-corrected chi connectivity index (χ3v) is 5.71. The predicted molar refractivity (Wildman–Crippen MR) is 121 cm³/mol. The van der Waals surface area contributed by atoms with Gasteiger partial charge in [0.05, 0.1) is 11.9 Å². The van der Waals surface area contributed by atoms with Crippen LogP contribution in [0.1, 0.15) is 28.5 Å². The first kappa shape index (κ1) is 20.9. The summed E-state index contributed by atoms with van der Waals surface area (Å²) in [5.74, 6) is -0.675. The Labute approximate surface area is 189 Å². The highest BCUT2D eigenvalue weighted by atomic mass is 19.1. The molecule has 0 radical (unpaired) electrons. The molecule has 7 heteroatoms. The number of rotatable bonds is 5. The summed E-state index contributed by atoms with van der Waals surface area (Å²) in [7, 11) is 0. The zero-order chi connectivity index (χ0) is 22.9. The zero-order valence-corrected chi connectivity index (χ0v) is 17.9. The highest BCUT2D eigenvalue weighted by molar-refractivity contribution is 6.08. The molecule has 0 saturated carbocycles. The van der Waals surface area contributed by atoms with Crippen LogP contribution in [0.2, 0.25) is 0 Å². The number of fused-ring (bicyclic) bond motifs is 1. The molecule has 0 saturated heterocycles. The second kappa shape index (κ2) is 8.50. The van der Waals surface area contributed by atoms with Gasteiger partial charge in [0, 0.05) is 11.7 Å². The molecule has 1 aliphatic rings. The lowest BCUT2D eigenvalue weighted by Crippen LogP contribution is -2.36. The van der Waals surface area contributed by atoms with Crippen LogP contribution in [0.5, 0.6) is 5.75 Å². The number of amides is 1. The van der Waals surface area contributed by atoms with E-state index < -0.39 is 0 Å². The van der Waals surface area contributed by atoms with Crippen LogP contribution in [-0.4, -0.2) is 21.7 Å². The topological polar surface area (TPSA) is 47.4 Å². The maximum Gasteiger partial charge on any atom is 0.282 e. The predicted octanol–water partition coefficient (Wildman–Crippen LogP) is 5.32.